The molecule has 2 aromatic rings. The molecule has 130 valence electrons. The summed E-state index contributed by atoms with van der Waals surface area (Å²) in [6.07, 6.45) is 1.47. The van der Waals surface area contributed by atoms with Gasteiger partial charge in [-0.1, -0.05) is 12.1 Å². The van der Waals surface area contributed by atoms with Crippen LogP contribution in [0.1, 0.15) is 5.56 Å². The minimum atomic E-state index is -0.596. The molecule has 0 atom stereocenters. The molecule has 3 N–H and O–H groups in total. The Bertz CT molecular complexity index is 807. The fraction of sp³-hybridized carbons (Fsp3) is 0.125. The van der Waals surface area contributed by atoms with Crippen LogP contribution >= 0.6 is 0 Å². The van der Waals surface area contributed by atoms with Crippen LogP contribution in [0.25, 0.3) is 0 Å². The lowest BCUT2D eigenvalue weighted by Gasteiger charge is -2.09. The average molecular weight is 344 g/mol. The van der Waals surface area contributed by atoms with Gasteiger partial charge in [0.05, 0.1) is 18.2 Å². The molecule has 9 heteroatoms. The van der Waals surface area contributed by atoms with E-state index in [4.69, 9.17) is 15.2 Å². The van der Waals surface area contributed by atoms with E-state index in [1.54, 1.807) is 36.4 Å². The number of methoxy groups -OCH3 is 1. The van der Waals surface area contributed by atoms with Gasteiger partial charge < -0.3 is 15.2 Å². The summed E-state index contributed by atoms with van der Waals surface area (Å²) in [6, 6.07) is 11.1. The highest BCUT2D eigenvalue weighted by Gasteiger charge is 2.11. The van der Waals surface area contributed by atoms with E-state index in [1.165, 1.54) is 19.4 Å². The molecule has 0 heterocycles. The number of carbonyl (C=O) groups excluding carboxylic acids is 1. The van der Waals surface area contributed by atoms with Crippen LogP contribution in [-0.2, 0) is 4.79 Å². The first kappa shape index (κ1) is 17.7. The number of anilines is 1. The van der Waals surface area contributed by atoms with Gasteiger partial charge in [-0.15, -0.1) is 0 Å². The number of carbonyl (C=O) groups is 1. The summed E-state index contributed by atoms with van der Waals surface area (Å²) in [5.74, 6) is 0.169. The van der Waals surface area contributed by atoms with Gasteiger partial charge in [0.2, 0.25) is 0 Å². The molecule has 0 aliphatic rings. The summed E-state index contributed by atoms with van der Waals surface area (Å²) in [6.45, 7) is -0.261. The predicted octanol–water partition coefficient (Wildman–Crippen LogP) is 1.91. The van der Waals surface area contributed by atoms with Crippen molar-refractivity contribution in [3.63, 3.8) is 0 Å². The van der Waals surface area contributed by atoms with Gasteiger partial charge in [0.1, 0.15) is 5.69 Å². The first-order valence-electron chi connectivity index (χ1n) is 7.13. The van der Waals surface area contributed by atoms with E-state index in [-0.39, 0.29) is 18.0 Å². The number of nitrogens with two attached hydrogens (primary N) is 1. The molecule has 0 bridgehead atoms. The van der Waals surface area contributed by atoms with Gasteiger partial charge in [-0.25, -0.2) is 0 Å². The Morgan fingerprint density at radius 2 is 2.08 bits per heavy atom. The van der Waals surface area contributed by atoms with Crippen molar-refractivity contribution >= 4 is 23.5 Å². The van der Waals surface area contributed by atoms with E-state index in [0.29, 0.717) is 17.1 Å². The first-order valence-corrected chi connectivity index (χ1v) is 7.13. The fourth-order valence-electron chi connectivity index (χ4n) is 1.94. The van der Waals surface area contributed by atoms with Crippen LogP contribution in [0.2, 0.25) is 0 Å². The van der Waals surface area contributed by atoms with Crippen molar-refractivity contribution < 1.29 is 19.2 Å². The zero-order valence-corrected chi connectivity index (χ0v) is 13.3. The molecule has 0 saturated carbocycles. The maximum Gasteiger partial charge on any atom is 0.294 e. The van der Waals surface area contributed by atoms with Gasteiger partial charge in [0.15, 0.2) is 18.1 Å². The van der Waals surface area contributed by atoms with E-state index in [2.05, 4.69) is 10.5 Å². The smallest absolute Gasteiger partial charge is 0.294 e. The standard InChI is InChI=1S/C16H16N4O5/c1-24-15-8-11(6-7-14(15)25-10-16(17)21)9-18-19-12-4-2-3-5-13(12)20(22)23/h2-9,19H,10H2,1H3,(H2,17,21)/b18-9-. The summed E-state index contributed by atoms with van der Waals surface area (Å²) >= 11 is 0. The van der Waals surface area contributed by atoms with Crippen LogP contribution in [0.5, 0.6) is 11.5 Å². The van der Waals surface area contributed by atoms with Crippen LogP contribution in [0, 0.1) is 10.1 Å². The van der Waals surface area contributed by atoms with Crippen molar-refractivity contribution in [1.29, 1.82) is 0 Å². The third-order valence-electron chi connectivity index (χ3n) is 3.06. The zero-order valence-electron chi connectivity index (χ0n) is 13.3. The third kappa shape index (κ3) is 4.93. The zero-order chi connectivity index (χ0) is 18.2. The van der Waals surface area contributed by atoms with E-state index in [1.807, 2.05) is 0 Å². The van der Waals surface area contributed by atoms with E-state index < -0.39 is 10.8 Å². The quantitative estimate of drug-likeness (QED) is 0.427. The van der Waals surface area contributed by atoms with Crippen molar-refractivity contribution in [3.8, 4) is 11.5 Å². The van der Waals surface area contributed by atoms with Crippen LogP contribution in [-0.4, -0.2) is 30.8 Å². The predicted molar refractivity (Wildman–Crippen MR) is 92.0 cm³/mol. The lowest BCUT2D eigenvalue weighted by molar-refractivity contribution is -0.384. The Labute approximate surface area is 143 Å². The Hall–Kier alpha value is -3.62. The Kier molecular flexibility index (Phi) is 5.88. The minimum Gasteiger partial charge on any atom is -0.493 e. The number of amides is 1. The number of para-hydroxylation sites is 2. The lowest BCUT2D eigenvalue weighted by Crippen LogP contribution is -2.20. The number of hydrazone groups is 1. The second-order valence-electron chi connectivity index (χ2n) is 4.81. The highest BCUT2D eigenvalue weighted by atomic mass is 16.6. The van der Waals surface area contributed by atoms with Crippen molar-refractivity contribution in [2.45, 2.75) is 0 Å². The summed E-state index contributed by atoms with van der Waals surface area (Å²) in [4.78, 5) is 21.2. The number of nitro groups is 1. The van der Waals surface area contributed by atoms with Crippen LogP contribution < -0.4 is 20.6 Å². The molecule has 2 aromatic carbocycles. The summed E-state index contributed by atoms with van der Waals surface area (Å²) in [7, 11) is 1.46. The molecule has 0 saturated heterocycles. The highest BCUT2D eigenvalue weighted by molar-refractivity contribution is 5.82. The topological polar surface area (TPSA) is 129 Å². The van der Waals surface area contributed by atoms with Crippen molar-refractivity contribution in [2.75, 3.05) is 19.1 Å². The van der Waals surface area contributed by atoms with E-state index >= 15 is 0 Å². The molecule has 1 amide bonds. The lowest BCUT2D eigenvalue weighted by atomic mass is 10.2. The highest BCUT2D eigenvalue weighted by Crippen LogP contribution is 2.27. The van der Waals surface area contributed by atoms with Crippen molar-refractivity contribution in [3.05, 3.63) is 58.1 Å². The van der Waals surface area contributed by atoms with Gasteiger partial charge in [0, 0.05) is 6.07 Å². The molecule has 25 heavy (non-hydrogen) atoms. The first-order chi connectivity index (χ1) is 12.0. The maximum absolute atomic E-state index is 10.9. The number of primary amides is 1. The number of nitrogens with zero attached hydrogens (tertiary/aromatic N) is 2. The SMILES string of the molecule is COc1cc(/C=N\Nc2ccccc2[N+](=O)[O-])ccc1OCC(N)=O. The Morgan fingerprint density at radius 3 is 2.76 bits per heavy atom. The van der Waals surface area contributed by atoms with Gasteiger partial charge in [-0.3, -0.25) is 20.3 Å². The number of nitro benzene ring substituents is 1. The van der Waals surface area contributed by atoms with Gasteiger partial charge in [0.25, 0.3) is 11.6 Å². The molecule has 0 aromatic heterocycles. The molecule has 0 fully saturated rings. The average Bonchev–Trinajstić information content (AvgIpc) is 2.60. The second-order valence-corrected chi connectivity index (χ2v) is 4.81. The molecule has 0 aliphatic heterocycles. The van der Waals surface area contributed by atoms with E-state index in [0.717, 1.165) is 0 Å². The monoisotopic (exact) mass is 344 g/mol. The molecule has 0 radical (unpaired) electrons. The van der Waals surface area contributed by atoms with Gasteiger partial charge >= 0.3 is 0 Å². The van der Waals surface area contributed by atoms with Crippen molar-refractivity contribution in [1.82, 2.24) is 0 Å². The second kappa shape index (κ2) is 8.29. The normalized spacial score (nSPS) is 10.4. The number of hydrogen-bond donors (Lipinski definition) is 2. The van der Waals surface area contributed by atoms with Gasteiger partial charge in [-0.05, 0) is 29.8 Å². The molecular weight excluding hydrogens is 328 g/mol. The van der Waals surface area contributed by atoms with Crippen LogP contribution in [0.15, 0.2) is 47.6 Å². The molecular formula is C16H16N4O5. The summed E-state index contributed by atoms with van der Waals surface area (Å²) in [5.41, 5.74) is 8.52. The van der Waals surface area contributed by atoms with Crippen LogP contribution in [0.3, 0.4) is 0 Å². The Balaban J connectivity index is 2.11. The summed E-state index contributed by atoms with van der Waals surface area (Å²) < 4.78 is 10.4. The number of ether oxygens (including phenoxy) is 2. The van der Waals surface area contributed by atoms with Crippen molar-refractivity contribution in [2.24, 2.45) is 10.8 Å². The number of benzene rings is 2. The van der Waals surface area contributed by atoms with Crippen LogP contribution in [0.4, 0.5) is 11.4 Å². The number of hydrogen-bond acceptors (Lipinski definition) is 7. The number of rotatable bonds is 8. The molecule has 9 nitrogen and oxygen atoms in total. The third-order valence-corrected chi connectivity index (χ3v) is 3.06. The van der Waals surface area contributed by atoms with Gasteiger partial charge in [-0.2, -0.15) is 5.10 Å². The molecule has 2 rings (SSSR count). The fourth-order valence-corrected chi connectivity index (χ4v) is 1.94. The molecule has 0 spiro atoms. The van der Waals surface area contributed by atoms with E-state index in [9.17, 15) is 14.9 Å². The number of nitrogens with one attached hydrogen (secondary N) is 1. The molecule has 0 unspecified atom stereocenters. The largest absolute Gasteiger partial charge is 0.493 e. The molecule has 0 aliphatic carbocycles. The minimum absolute atomic E-state index is 0.0765. The Morgan fingerprint density at radius 1 is 1.32 bits per heavy atom. The maximum atomic E-state index is 10.9. The summed E-state index contributed by atoms with van der Waals surface area (Å²) in [5, 5.41) is 14.9.